The van der Waals surface area contributed by atoms with Gasteiger partial charge in [0.05, 0.1) is 11.1 Å². The highest BCUT2D eigenvalue weighted by molar-refractivity contribution is 5.81. The molecule has 3 rings (SSSR count). The minimum absolute atomic E-state index is 0.00865. The van der Waals surface area contributed by atoms with Gasteiger partial charge in [-0.3, -0.25) is 0 Å². The predicted octanol–water partition coefficient (Wildman–Crippen LogP) is 4.76. The molecule has 0 saturated heterocycles. The largest absolute Gasteiger partial charge is 0.618 e. The van der Waals surface area contributed by atoms with Gasteiger partial charge in [0.2, 0.25) is 5.69 Å². The van der Waals surface area contributed by atoms with Gasteiger partial charge in [0, 0.05) is 17.7 Å². The third-order valence-corrected chi connectivity index (χ3v) is 4.58. The molecule has 0 aromatic heterocycles. The second-order valence-corrected chi connectivity index (χ2v) is 6.72. The summed E-state index contributed by atoms with van der Waals surface area (Å²) < 4.78 is 51.9. The topological polar surface area (TPSA) is 46.3 Å². The summed E-state index contributed by atoms with van der Waals surface area (Å²) in [5.41, 5.74) is -1.47. The first-order chi connectivity index (χ1) is 13.2. The molecule has 28 heavy (non-hydrogen) atoms. The second-order valence-electron chi connectivity index (χ2n) is 6.72. The zero-order chi connectivity index (χ0) is 20.4. The first-order valence-corrected chi connectivity index (χ1v) is 8.70. The van der Waals surface area contributed by atoms with E-state index in [9.17, 15) is 27.9 Å². The van der Waals surface area contributed by atoms with Gasteiger partial charge in [-0.1, -0.05) is 11.8 Å². The van der Waals surface area contributed by atoms with E-state index < -0.39 is 23.2 Å². The van der Waals surface area contributed by atoms with Crippen LogP contribution in [0.2, 0.25) is 0 Å². The monoisotopic (exact) mass is 391 g/mol. The van der Waals surface area contributed by atoms with Gasteiger partial charge in [0.15, 0.2) is 6.21 Å². The van der Waals surface area contributed by atoms with E-state index in [4.69, 9.17) is 0 Å². The van der Waals surface area contributed by atoms with Crippen LogP contribution < -0.4 is 0 Å². The quantitative estimate of drug-likeness (QED) is 0.200. The van der Waals surface area contributed by atoms with Crippen molar-refractivity contribution in [2.45, 2.75) is 37.5 Å². The Kier molecular flexibility index (Phi) is 5.43. The molecule has 1 aliphatic rings. The summed E-state index contributed by atoms with van der Waals surface area (Å²) in [6.45, 7) is 0. The summed E-state index contributed by atoms with van der Waals surface area (Å²) in [5, 5.41) is 22.6. The van der Waals surface area contributed by atoms with Crippen LogP contribution in [0.4, 0.5) is 23.2 Å². The Hall–Kier alpha value is -2.85. The van der Waals surface area contributed by atoms with Crippen molar-refractivity contribution in [3.63, 3.8) is 0 Å². The van der Waals surface area contributed by atoms with Crippen LogP contribution in [0.25, 0.3) is 0 Å². The third-order valence-electron chi connectivity index (χ3n) is 4.58. The second kappa shape index (κ2) is 7.64. The smallest absolute Gasteiger partial charge is 0.416 e. The maximum Gasteiger partial charge on any atom is 0.416 e. The van der Waals surface area contributed by atoms with Crippen LogP contribution in [0.3, 0.4) is 0 Å². The Balaban J connectivity index is 1.92. The molecule has 2 aromatic rings. The lowest BCUT2D eigenvalue weighted by Gasteiger charge is -2.13. The van der Waals surface area contributed by atoms with E-state index in [-0.39, 0.29) is 11.3 Å². The normalized spacial score (nSPS) is 16.5. The molecule has 3 nitrogen and oxygen atoms in total. The molecule has 1 fully saturated rings. The van der Waals surface area contributed by atoms with E-state index in [1.807, 2.05) is 0 Å². The number of hydrogen-bond acceptors (Lipinski definition) is 2. The average molecular weight is 391 g/mol. The fraction of sp³-hybridized carbons (Fsp3) is 0.286. The standard InChI is InChI=1S/C21H17F4NO2/c22-18-6-3-16(15(13-18)9-12-20(27)10-1-2-11-20)14-26(28)19-7-4-17(5-8-19)21(23,24)25/h3-8,13-14,27H,1-2,10-11H2/b26-14-. The van der Waals surface area contributed by atoms with Crippen molar-refractivity contribution in [1.82, 2.24) is 0 Å². The van der Waals surface area contributed by atoms with Gasteiger partial charge in [-0.25, -0.2) is 4.39 Å². The summed E-state index contributed by atoms with van der Waals surface area (Å²) in [4.78, 5) is 0. The van der Waals surface area contributed by atoms with E-state index >= 15 is 0 Å². The van der Waals surface area contributed by atoms with Crippen LogP contribution in [-0.2, 0) is 6.18 Å². The Morgan fingerprint density at radius 1 is 1.07 bits per heavy atom. The molecule has 146 valence electrons. The van der Waals surface area contributed by atoms with Crippen molar-refractivity contribution >= 4 is 11.9 Å². The molecule has 1 aliphatic carbocycles. The van der Waals surface area contributed by atoms with Crippen molar-refractivity contribution in [3.05, 3.63) is 70.2 Å². The molecular formula is C21H17F4NO2. The molecule has 0 radical (unpaired) electrons. The lowest BCUT2D eigenvalue weighted by Crippen LogP contribution is -2.20. The lowest BCUT2D eigenvalue weighted by molar-refractivity contribution is -0.354. The van der Waals surface area contributed by atoms with Gasteiger partial charge in [0.1, 0.15) is 11.4 Å². The maximum absolute atomic E-state index is 13.6. The first-order valence-electron chi connectivity index (χ1n) is 8.70. The Bertz CT molecular complexity index is 947. The molecule has 0 spiro atoms. The lowest BCUT2D eigenvalue weighted by atomic mass is 10.0. The molecular weight excluding hydrogens is 374 g/mol. The molecule has 0 unspecified atom stereocenters. The molecule has 0 amide bonds. The van der Waals surface area contributed by atoms with Crippen LogP contribution in [0.1, 0.15) is 42.4 Å². The average Bonchev–Trinajstić information content (AvgIpc) is 3.08. The third kappa shape index (κ3) is 4.70. The van der Waals surface area contributed by atoms with Crippen molar-refractivity contribution in [1.29, 1.82) is 0 Å². The molecule has 0 aliphatic heterocycles. The number of benzene rings is 2. The minimum Gasteiger partial charge on any atom is -0.618 e. The number of aliphatic hydroxyl groups is 1. The highest BCUT2D eigenvalue weighted by atomic mass is 19.4. The van der Waals surface area contributed by atoms with Crippen molar-refractivity contribution in [3.8, 4) is 11.8 Å². The Morgan fingerprint density at radius 3 is 2.32 bits per heavy atom. The van der Waals surface area contributed by atoms with Crippen molar-refractivity contribution in [2.75, 3.05) is 0 Å². The molecule has 0 bridgehead atoms. The summed E-state index contributed by atoms with van der Waals surface area (Å²) in [6, 6.07) is 7.40. The molecule has 2 aromatic carbocycles. The number of alkyl halides is 3. The molecule has 7 heteroatoms. The van der Waals surface area contributed by atoms with E-state index in [1.54, 1.807) is 0 Å². The molecule has 1 saturated carbocycles. The molecule has 0 heterocycles. The van der Waals surface area contributed by atoms with Crippen molar-refractivity contribution < 1.29 is 27.4 Å². The van der Waals surface area contributed by atoms with Crippen LogP contribution in [0.15, 0.2) is 42.5 Å². The van der Waals surface area contributed by atoms with E-state index in [0.29, 0.717) is 23.1 Å². The Morgan fingerprint density at radius 2 is 1.71 bits per heavy atom. The zero-order valence-electron chi connectivity index (χ0n) is 14.8. The maximum atomic E-state index is 13.6. The number of rotatable bonds is 2. The predicted molar refractivity (Wildman–Crippen MR) is 96.6 cm³/mol. The molecule has 0 atom stereocenters. The van der Waals surface area contributed by atoms with Crippen LogP contribution in [0.5, 0.6) is 0 Å². The minimum atomic E-state index is -4.49. The Labute approximate surface area is 159 Å². The fourth-order valence-electron chi connectivity index (χ4n) is 3.02. The summed E-state index contributed by atoms with van der Waals surface area (Å²) in [6.07, 6.45) is -0.590. The van der Waals surface area contributed by atoms with Gasteiger partial charge in [-0.2, -0.15) is 17.9 Å². The van der Waals surface area contributed by atoms with Crippen molar-refractivity contribution in [2.24, 2.45) is 0 Å². The number of nitrogens with zero attached hydrogens (tertiary/aromatic N) is 1. The highest BCUT2D eigenvalue weighted by Crippen LogP contribution is 2.30. The molecule has 1 N–H and O–H groups in total. The van der Waals surface area contributed by atoms with E-state index in [1.165, 1.54) is 6.07 Å². The van der Waals surface area contributed by atoms with Gasteiger partial charge in [-0.05, 0) is 56.0 Å². The van der Waals surface area contributed by atoms with Crippen LogP contribution in [-0.4, -0.2) is 21.7 Å². The van der Waals surface area contributed by atoms with Crippen LogP contribution in [0, 0.1) is 22.9 Å². The summed E-state index contributed by atoms with van der Waals surface area (Å²) in [5.74, 6) is 4.94. The van der Waals surface area contributed by atoms with E-state index in [0.717, 1.165) is 55.5 Å². The summed E-state index contributed by atoms with van der Waals surface area (Å²) in [7, 11) is 0. The highest BCUT2D eigenvalue weighted by Gasteiger charge is 2.30. The summed E-state index contributed by atoms with van der Waals surface area (Å²) >= 11 is 0. The SMILES string of the molecule is [O-]/[N+](=C\c1ccc(F)cc1C#CC1(O)CCCC1)c1ccc(C(F)(F)F)cc1. The van der Waals surface area contributed by atoms with Gasteiger partial charge >= 0.3 is 6.18 Å². The van der Waals surface area contributed by atoms with E-state index in [2.05, 4.69) is 11.8 Å². The number of halogens is 4. The number of hydrogen-bond donors (Lipinski definition) is 1. The van der Waals surface area contributed by atoms with Crippen LogP contribution >= 0.6 is 0 Å². The first kappa shape index (κ1) is 19.9. The fourth-order valence-corrected chi connectivity index (χ4v) is 3.02. The zero-order valence-corrected chi connectivity index (χ0v) is 14.8. The van der Waals surface area contributed by atoms with Gasteiger partial charge in [0.25, 0.3) is 0 Å². The van der Waals surface area contributed by atoms with Gasteiger partial charge in [-0.15, -0.1) is 0 Å². The van der Waals surface area contributed by atoms with Gasteiger partial charge < -0.3 is 10.3 Å².